The number of nitrogens with one attached hydrogen (secondary N) is 1. The van der Waals surface area contributed by atoms with Crippen LogP contribution in [0.25, 0.3) is 11.1 Å². The summed E-state index contributed by atoms with van der Waals surface area (Å²) in [5, 5.41) is 12.2. The Labute approximate surface area is 124 Å². The highest BCUT2D eigenvalue weighted by atomic mass is 16.3. The zero-order valence-electron chi connectivity index (χ0n) is 12.6. The van der Waals surface area contributed by atoms with E-state index in [4.69, 9.17) is 4.42 Å². The van der Waals surface area contributed by atoms with Gasteiger partial charge in [0, 0.05) is 18.5 Å². The van der Waals surface area contributed by atoms with Gasteiger partial charge in [0.15, 0.2) is 11.5 Å². The van der Waals surface area contributed by atoms with Crippen LogP contribution in [0.4, 0.5) is 0 Å². The third kappa shape index (κ3) is 4.04. The first-order chi connectivity index (χ1) is 10.1. The number of hydrogen-bond acceptors (Lipinski definition) is 4. The largest absolute Gasteiger partial charge is 0.441 e. The summed E-state index contributed by atoms with van der Waals surface area (Å²) in [5.74, 6) is 0.508. The number of aliphatic hydroxyl groups excluding tert-OH is 1. The van der Waals surface area contributed by atoms with Crippen molar-refractivity contribution in [3.63, 3.8) is 0 Å². The molecule has 21 heavy (non-hydrogen) atoms. The van der Waals surface area contributed by atoms with Gasteiger partial charge in [-0.3, -0.25) is 4.79 Å². The van der Waals surface area contributed by atoms with Crippen molar-refractivity contribution in [3.8, 4) is 0 Å². The number of aliphatic hydroxyl groups is 1. The Balaban J connectivity index is 2.08. The number of aromatic nitrogens is 1. The molecule has 2 N–H and O–H groups in total. The van der Waals surface area contributed by atoms with Crippen molar-refractivity contribution in [2.75, 3.05) is 6.54 Å². The highest BCUT2D eigenvalue weighted by Crippen LogP contribution is 2.18. The van der Waals surface area contributed by atoms with Crippen LogP contribution in [0, 0.1) is 0 Å². The fraction of sp³-hybridized carbons (Fsp3) is 0.500. The molecule has 0 spiro atoms. The van der Waals surface area contributed by atoms with Crippen molar-refractivity contribution in [2.24, 2.45) is 0 Å². The average molecular weight is 290 g/mol. The van der Waals surface area contributed by atoms with Crippen LogP contribution in [0.3, 0.4) is 0 Å². The van der Waals surface area contributed by atoms with Gasteiger partial charge < -0.3 is 14.8 Å². The number of amides is 1. The van der Waals surface area contributed by atoms with E-state index in [1.165, 1.54) is 0 Å². The first-order valence-electron chi connectivity index (χ1n) is 7.49. The molecule has 0 aliphatic rings. The molecule has 1 aromatic heterocycles. The molecule has 5 heteroatoms. The van der Waals surface area contributed by atoms with Crippen LogP contribution >= 0.6 is 0 Å². The second-order valence-electron chi connectivity index (χ2n) is 5.17. The summed E-state index contributed by atoms with van der Waals surface area (Å²) >= 11 is 0. The number of carbonyl (C=O) groups is 1. The molecule has 114 valence electrons. The second kappa shape index (κ2) is 7.22. The van der Waals surface area contributed by atoms with E-state index in [9.17, 15) is 9.90 Å². The van der Waals surface area contributed by atoms with E-state index in [1.807, 2.05) is 6.92 Å². The molecule has 0 aliphatic heterocycles. The lowest BCUT2D eigenvalue weighted by atomic mass is 10.2. The van der Waals surface area contributed by atoms with Crippen LogP contribution in [0.2, 0.25) is 0 Å². The molecule has 0 radical (unpaired) electrons. The number of oxazole rings is 1. The smallest absolute Gasteiger partial charge is 0.251 e. The Hall–Kier alpha value is -1.88. The maximum absolute atomic E-state index is 12.0. The summed E-state index contributed by atoms with van der Waals surface area (Å²) in [7, 11) is 0. The lowest BCUT2D eigenvalue weighted by molar-refractivity contribution is 0.0914. The molecule has 0 saturated carbocycles. The minimum absolute atomic E-state index is 0.206. The quantitative estimate of drug-likeness (QED) is 0.822. The van der Waals surface area contributed by atoms with E-state index in [-0.39, 0.29) is 12.5 Å². The van der Waals surface area contributed by atoms with Gasteiger partial charge >= 0.3 is 0 Å². The minimum Gasteiger partial charge on any atom is -0.441 e. The van der Waals surface area contributed by atoms with Crippen LogP contribution < -0.4 is 5.32 Å². The average Bonchev–Trinajstić information content (AvgIpc) is 2.91. The lowest BCUT2D eigenvalue weighted by Gasteiger charge is -2.09. The van der Waals surface area contributed by atoms with E-state index in [0.717, 1.165) is 19.3 Å². The van der Waals surface area contributed by atoms with Gasteiger partial charge in [0.1, 0.15) is 5.52 Å². The molecular formula is C16H22N2O3. The number of fused-ring (bicyclic) bond motifs is 1. The maximum atomic E-state index is 12.0. The van der Waals surface area contributed by atoms with Crippen molar-refractivity contribution in [1.82, 2.24) is 10.3 Å². The zero-order valence-corrected chi connectivity index (χ0v) is 12.6. The molecule has 5 nitrogen and oxygen atoms in total. The fourth-order valence-electron chi connectivity index (χ4n) is 2.01. The minimum atomic E-state index is -0.509. The van der Waals surface area contributed by atoms with Crippen molar-refractivity contribution < 1.29 is 14.3 Å². The van der Waals surface area contributed by atoms with Gasteiger partial charge in [-0.25, -0.2) is 4.98 Å². The Morgan fingerprint density at radius 2 is 2.24 bits per heavy atom. The molecular weight excluding hydrogens is 268 g/mol. The Morgan fingerprint density at radius 3 is 2.95 bits per heavy atom. The molecule has 1 amide bonds. The van der Waals surface area contributed by atoms with E-state index < -0.39 is 6.10 Å². The monoisotopic (exact) mass is 290 g/mol. The third-order valence-corrected chi connectivity index (χ3v) is 3.41. The summed E-state index contributed by atoms with van der Waals surface area (Å²) in [6, 6.07) is 5.20. The number of carbonyl (C=O) groups excluding carboxylic acids is 1. The normalized spacial score (nSPS) is 12.5. The predicted molar refractivity (Wildman–Crippen MR) is 81.3 cm³/mol. The molecule has 0 bridgehead atoms. The van der Waals surface area contributed by atoms with Gasteiger partial charge in [-0.1, -0.05) is 20.3 Å². The molecule has 1 unspecified atom stereocenters. The van der Waals surface area contributed by atoms with Gasteiger partial charge in [0.05, 0.1) is 6.10 Å². The molecule has 0 saturated heterocycles. The standard InChI is InChI=1S/C16H22N2O3/c1-3-5-6-15-18-13-9-11(7-8-14(13)21-15)16(20)17-10-12(19)4-2/h7-9,12,19H,3-6,10H2,1-2H3,(H,17,20). The van der Waals surface area contributed by atoms with Gasteiger partial charge in [0.2, 0.25) is 0 Å². The summed E-state index contributed by atoms with van der Waals surface area (Å²) < 4.78 is 5.64. The Kier molecular flexibility index (Phi) is 5.33. The number of hydrogen-bond donors (Lipinski definition) is 2. The topological polar surface area (TPSA) is 75.4 Å². The van der Waals surface area contributed by atoms with Crippen molar-refractivity contribution in [2.45, 2.75) is 45.6 Å². The van der Waals surface area contributed by atoms with E-state index in [1.54, 1.807) is 18.2 Å². The van der Waals surface area contributed by atoms with Gasteiger partial charge in [-0.15, -0.1) is 0 Å². The van der Waals surface area contributed by atoms with E-state index >= 15 is 0 Å². The van der Waals surface area contributed by atoms with E-state index in [0.29, 0.717) is 29.0 Å². The Morgan fingerprint density at radius 1 is 1.43 bits per heavy atom. The van der Waals surface area contributed by atoms with Gasteiger partial charge in [-0.2, -0.15) is 0 Å². The van der Waals surface area contributed by atoms with Gasteiger partial charge in [-0.05, 0) is 31.0 Å². The number of rotatable bonds is 7. The first-order valence-corrected chi connectivity index (χ1v) is 7.49. The number of benzene rings is 1. The number of nitrogens with zero attached hydrogens (tertiary/aromatic N) is 1. The fourth-order valence-corrected chi connectivity index (χ4v) is 2.01. The number of unbranched alkanes of at least 4 members (excludes halogenated alkanes) is 1. The van der Waals surface area contributed by atoms with Crippen LogP contribution in [0.5, 0.6) is 0 Å². The number of aryl methyl sites for hydroxylation is 1. The molecule has 1 atom stereocenters. The van der Waals surface area contributed by atoms with Crippen LogP contribution in [-0.4, -0.2) is 28.6 Å². The zero-order chi connectivity index (χ0) is 15.2. The van der Waals surface area contributed by atoms with Crippen LogP contribution in [0.1, 0.15) is 49.4 Å². The molecule has 0 aliphatic carbocycles. The summed E-state index contributed by atoms with van der Waals surface area (Å²) in [6.07, 6.45) is 3.05. The molecule has 1 heterocycles. The second-order valence-corrected chi connectivity index (χ2v) is 5.17. The molecule has 0 fully saturated rings. The SMILES string of the molecule is CCCCc1nc2cc(C(=O)NCC(O)CC)ccc2o1. The Bertz CT molecular complexity index is 607. The van der Waals surface area contributed by atoms with Crippen molar-refractivity contribution >= 4 is 17.0 Å². The third-order valence-electron chi connectivity index (χ3n) is 3.41. The highest BCUT2D eigenvalue weighted by molar-refractivity contribution is 5.97. The van der Waals surface area contributed by atoms with Gasteiger partial charge in [0.25, 0.3) is 5.91 Å². The summed E-state index contributed by atoms with van der Waals surface area (Å²) in [4.78, 5) is 16.4. The van der Waals surface area contributed by atoms with Crippen molar-refractivity contribution in [1.29, 1.82) is 0 Å². The highest BCUT2D eigenvalue weighted by Gasteiger charge is 2.11. The molecule has 2 aromatic rings. The van der Waals surface area contributed by atoms with Crippen molar-refractivity contribution in [3.05, 3.63) is 29.7 Å². The van der Waals surface area contributed by atoms with Crippen LogP contribution in [-0.2, 0) is 6.42 Å². The first kappa shape index (κ1) is 15.5. The lowest BCUT2D eigenvalue weighted by Crippen LogP contribution is -2.31. The maximum Gasteiger partial charge on any atom is 0.251 e. The summed E-state index contributed by atoms with van der Waals surface area (Å²) in [6.45, 7) is 4.25. The molecule has 2 rings (SSSR count). The van der Waals surface area contributed by atoms with E-state index in [2.05, 4.69) is 17.2 Å². The predicted octanol–water partition coefficient (Wildman–Crippen LogP) is 2.67. The van der Waals surface area contributed by atoms with Crippen LogP contribution in [0.15, 0.2) is 22.6 Å². The molecule has 1 aromatic carbocycles. The summed E-state index contributed by atoms with van der Waals surface area (Å²) in [5.41, 5.74) is 1.93.